The van der Waals surface area contributed by atoms with Crippen LogP contribution in [0.4, 0.5) is 0 Å². The van der Waals surface area contributed by atoms with Gasteiger partial charge in [-0.1, -0.05) is 15.9 Å². The van der Waals surface area contributed by atoms with Gasteiger partial charge in [0, 0.05) is 17.6 Å². The number of phenolic OH excluding ortho intramolecular Hbond substituents is 1. The van der Waals surface area contributed by atoms with Crippen molar-refractivity contribution < 1.29 is 14.6 Å². The molecular formula is C14H20BrNO3. The molecule has 0 unspecified atom stereocenters. The summed E-state index contributed by atoms with van der Waals surface area (Å²) in [5.41, 5.74) is 0.293. The summed E-state index contributed by atoms with van der Waals surface area (Å²) in [6, 6.07) is 4.83. The molecule has 1 aromatic rings. The first-order valence-corrected chi connectivity index (χ1v) is 7.18. The molecule has 0 radical (unpaired) electrons. The van der Waals surface area contributed by atoms with E-state index in [1.54, 1.807) is 12.1 Å². The third-order valence-electron chi connectivity index (χ3n) is 2.51. The fourth-order valence-electron chi connectivity index (χ4n) is 1.54. The Balaban J connectivity index is 2.28. The van der Waals surface area contributed by atoms with E-state index in [0.717, 1.165) is 17.3 Å². The van der Waals surface area contributed by atoms with Crippen molar-refractivity contribution in [3.05, 3.63) is 28.2 Å². The monoisotopic (exact) mass is 329 g/mol. The van der Waals surface area contributed by atoms with Crippen LogP contribution in [0, 0.1) is 0 Å². The van der Waals surface area contributed by atoms with Crippen LogP contribution in [0.2, 0.25) is 0 Å². The van der Waals surface area contributed by atoms with E-state index in [1.807, 2.05) is 13.8 Å². The lowest BCUT2D eigenvalue weighted by Gasteiger charge is -2.08. The highest BCUT2D eigenvalue weighted by Crippen LogP contribution is 2.21. The van der Waals surface area contributed by atoms with Crippen LogP contribution in [0.15, 0.2) is 22.7 Å². The average molecular weight is 330 g/mol. The number of halogens is 1. The Morgan fingerprint density at radius 3 is 2.79 bits per heavy atom. The average Bonchev–Trinajstić information content (AvgIpc) is 2.32. The molecule has 0 spiro atoms. The number of carbonyl (C=O) groups excluding carboxylic acids is 1. The van der Waals surface area contributed by atoms with E-state index in [1.165, 1.54) is 6.07 Å². The Kier molecular flexibility index (Phi) is 6.87. The van der Waals surface area contributed by atoms with Crippen molar-refractivity contribution in [2.24, 2.45) is 0 Å². The third kappa shape index (κ3) is 6.07. The summed E-state index contributed by atoms with van der Waals surface area (Å²) in [6.45, 7) is 5.28. The molecule has 0 bridgehead atoms. The van der Waals surface area contributed by atoms with Gasteiger partial charge < -0.3 is 15.2 Å². The highest BCUT2D eigenvalue weighted by Gasteiger charge is 2.10. The maximum atomic E-state index is 11.8. The summed E-state index contributed by atoms with van der Waals surface area (Å²) in [6.07, 6.45) is 2.01. The largest absolute Gasteiger partial charge is 0.507 e. The van der Waals surface area contributed by atoms with Crippen LogP contribution >= 0.6 is 15.9 Å². The molecule has 0 aliphatic rings. The standard InChI is InChI=1S/C14H20BrNO3/c1-10(2)19-8-4-3-7-16-14(18)12-6-5-11(15)9-13(12)17/h5-6,9-10,17H,3-4,7-8H2,1-2H3,(H,16,18). The third-order valence-corrected chi connectivity index (χ3v) is 3.01. The van der Waals surface area contributed by atoms with Crippen LogP contribution in [0.25, 0.3) is 0 Å². The highest BCUT2D eigenvalue weighted by molar-refractivity contribution is 9.10. The summed E-state index contributed by atoms with van der Waals surface area (Å²) >= 11 is 3.23. The van der Waals surface area contributed by atoms with Crippen molar-refractivity contribution >= 4 is 21.8 Å². The maximum absolute atomic E-state index is 11.8. The van der Waals surface area contributed by atoms with Crippen LogP contribution in [-0.2, 0) is 4.74 Å². The van der Waals surface area contributed by atoms with Gasteiger partial charge in [-0.2, -0.15) is 0 Å². The summed E-state index contributed by atoms with van der Waals surface area (Å²) in [5, 5.41) is 12.4. The minimum Gasteiger partial charge on any atom is -0.507 e. The number of rotatable bonds is 7. The SMILES string of the molecule is CC(C)OCCCCNC(=O)c1ccc(Br)cc1O. The van der Waals surface area contributed by atoms with E-state index < -0.39 is 0 Å². The molecule has 0 saturated carbocycles. The molecule has 0 fully saturated rings. The van der Waals surface area contributed by atoms with Gasteiger partial charge in [0.2, 0.25) is 0 Å². The van der Waals surface area contributed by atoms with E-state index >= 15 is 0 Å². The summed E-state index contributed by atoms with van der Waals surface area (Å²) in [5.74, 6) is -0.273. The fourth-order valence-corrected chi connectivity index (χ4v) is 1.89. The second-order valence-electron chi connectivity index (χ2n) is 4.54. The Morgan fingerprint density at radius 2 is 2.16 bits per heavy atom. The molecule has 0 aliphatic heterocycles. The minimum absolute atomic E-state index is 0.0185. The van der Waals surface area contributed by atoms with E-state index in [-0.39, 0.29) is 17.8 Å². The molecule has 0 saturated heterocycles. The van der Waals surface area contributed by atoms with Crippen molar-refractivity contribution in [1.82, 2.24) is 5.32 Å². The van der Waals surface area contributed by atoms with Crippen LogP contribution in [0.5, 0.6) is 5.75 Å². The van der Waals surface area contributed by atoms with Crippen LogP contribution < -0.4 is 5.32 Å². The highest BCUT2D eigenvalue weighted by atomic mass is 79.9. The number of aromatic hydroxyl groups is 1. The quantitative estimate of drug-likeness (QED) is 0.756. The number of phenols is 1. The van der Waals surface area contributed by atoms with Gasteiger partial charge in [0.1, 0.15) is 5.75 Å². The van der Waals surface area contributed by atoms with Gasteiger partial charge in [-0.05, 0) is 44.9 Å². The summed E-state index contributed by atoms with van der Waals surface area (Å²) in [7, 11) is 0. The Labute approximate surface area is 122 Å². The molecule has 106 valence electrons. The number of hydrogen-bond donors (Lipinski definition) is 2. The number of ether oxygens (including phenoxy) is 1. The second-order valence-corrected chi connectivity index (χ2v) is 5.46. The lowest BCUT2D eigenvalue weighted by Crippen LogP contribution is -2.24. The molecule has 1 rings (SSSR count). The zero-order valence-electron chi connectivity index (χ0n) is 11.3. The van der Waals surface area contributed by atoms with Gasteiger partial charge in [-0.15, -0.1) is 0 Å². The van der Waals surface area contributed by atoms with Gasteiger partial charge in [0.15, 0.2) is 0 Å². The lowest BCUT2D eigenvalue weighted by atomic mass is 10.2. The molecule has 4 nitrogen and oxygen atoms in total. The van der Waals surface area contributed by atoms with Crippen molar-refractivity contribution in [3.63, 3.8) is 0 Å². The molecular weight excluding hydrogens is 310 g/mol. The number of hydrogen-bond acceptors (Lipinski definition) is 3. The minimum atomic E-state index is -0.255. The zero-order chi connectivity index (χ0) is 14.3. The number of amides is 1. The van der Waals surface area contributed by atoms with Crippen molar-refractivity contribution in [3.8, 4) is 5.75 Å². The number of carbonyl (C=O) groups is 1. The van der Waals surface area contributed by atoms with E-state index in [0.29, 0.717) is 18.7 Å². The maximum Gasteiger partial charge on any atom is 0.255 e. The predicted octanol–water partition coefficient (Wildman–Crippen LogP) is 3.09. The van der Waals surface area contributed by atoms with Crippen LogP contribution in [0.3, 0.4) is 0 Å². The Hall–Kier alpha value is -1.07. The van der Waals surface area contributed by atoms with Gasteiger partial charge in [0.25, 0.3) is 5.91 Å². The first kappa shape index (κ1) is 16.0. The molecule has 1 amide bonds. The molecule has 0 aromatic heterocycles. The Bertz CT molecular complexity index is 421. The van der Waals surface area contributed by atoms with Crippen molar-refractivity contribution in [1.29, 1.82) is 0 Å². The predicted molar refractivity (Wildman–Crippen MR) is 78.5 cm³/mol. The van der Waals surface area contributed by atoms with Gasteiger partial charge >= 0.3 is 0 Å². The first-order chi connectivity index (χ1) is 9.00. The van der Waals surface area contributed by atoms with Gasteiger partial charge in [0.05, 0.1) is 11.7 Å². The van der Waals surface area contributed by atoms with Gasteiger partial charge in [-0.3, -0.25) is 4.79 Å². The molecule has 1 aromatic carbocycles. The second kappa shape index (κ2) is 8.17. The number of benzene rings is 1. The Morgan fingerprint density at radius 1 is 1.42 bits per heavy atom. The summed E-state index contributed by atoms with van der Waals surface area (Å²) < 4.78 is 6.15. The first-order valence-electron chi connectivity index (χ1n) is 6.39. The van der Waals surface area contributed by atoms with Crippen LogP contribution in [-0.4, -0.2) is 30.3 Å². The fraction of sp³-hybridized carbons (Fsp3) is 0.500. The van der Waals surface area contributed by atoms with Crippen molar-refractivity contribution in [2.45, 2.75) is 32.8 Å². The van der Waals surface area contributed by atoms with E-state index in [9.17, 15) is 9.90 Å². The molecule has 0 aliphatic carbocycles. The zero-order valence-corrected chi connectivity index (χ0v) is 12.9. The smallest absolute Gasteiger partial charge is 0.255 e. The molecule has 19 heavy (non-hydrogen) atoms. The van der Waals surface area contributed by atoms with E-state index in [4.69, 9.17) is 4.74 Å². The van der Waals surface area contributed by atoms with Crippen LogP contribution in [0.1, 0.15) is 37.0 Å². The molecule has 0 atom stereocenters. The molecule has 5 heteroatoms. The number of unbranched alkanes of at least 4 members (excludes halogenated alkanes) is 1. The van der Waals surface area contributed by atoms with Gasteiger partial charge in [-0.25, -0.2) is 0 Å². The lowest BCUT2D eigenvalue weighted by molar-refractivity contribution is 0.0754. The topological polar surface area (TPSA) is 58.6 Å². The normalized spacial score (nSPS) is 10.7. The van der Waals surface area contributed by atoms with E-state index in [2.05, 4.69) is 21.2 Å². The molecule has 2 N–H and O–H groups in total. The number of nitrogens with one attached hydrogen (secondary N) is 1. The molecule has 0 heterocycles. The van der Waals surface area contributed by atoms with Crippen molar-refractivity contribution in [2.75, 3.05) is 13.2 Å². The summed E-state index contributed by atoms with van der Waals surface area (Å²) in [4.78, 5) is 11.8.